The van der Waals surface area contributed by atoms with Crippen molar-refractivity contribution in [1.82, 2.24) is 4.98 Å². The zero-order valence-corrected chi connectivity index (χ0v) is 7.87. The van der Waals surface area contributed by atoms with Gasteiger partial charge in [-0.15, -0.1) is 0 Å². The molecule has 1 aromatic rings. The second-order valence-electron chi connectivity index (χ2n) is 3.81. The average molecular weight is 176 g/mol. The molecular formula is C11H16N2. The third kappa shape index (κ3) is 1.82. The minimum atomic E-state index is 0.620. The first-order valence-electron chi connectivity index (χ1n) is 5.08. The van der Waals surface area contributed by atoms with E-state index < -0.39 is 0 Å². The van der Waals surface area contributed by atoms with Gasteiger partial charge in [0.25, 0.3) is 0 Å². The van der Waals surface area contributed by atoms with Crippen LogP contribution >= 0.6 is 0 Å². The average Bonchev–Trinajstić information content (AvgIpc) is 2.20. The molecule has 0 aliphatic heterocycles. The lowest BCUT2D eigenvalue weighted by atomic mass is 9.86. The van der Waals surface area contributed by atoms with E-state index in [-0.39, 0.29) is 0 Å². The van der Waals surface area contributed by atoms with Crippen molar-refractivity contribution in [3.05, 3.63) is 24.0 Å². The Morgan fingerprint density at radius 3 is 2.69 bits per heavy atom. The number of hydrogen-bond donors (Lipinski definition) is 1. The van der Waals surface area contributed by atoms with Gasteiger partial charge in [0, 0.05) is 12.1 Å². The van der Waals surface area contributed by atoms with Crippen LogP contribution in [0.25, 0.3) is 0 Å². The van der Waals surface area contributed by atoms with Gasteiger partial charge in [-0.2, -0.15) is 0 Å². The predicted octanol–water partition coefficient (Wildman–Crippen LogP) is 2.71. The quantitative estimate of drug-likeness (QED) is 0.714. The van der Waals surface area contributed by atoms with E-state index in [4.69, 9.17) is 5.73 Å². The molecule has 0 aromatic carbocycles. The molecule has 0 unspecified atom stereocenters. The Kier molecular flexibility index (Phi) is 2.48. The highest BCUT2D eigenvalue weighted by atomic mass is 14.7. The first kappa shape index (κ1) is 8.54. The minimum Gasteiger partial charge on any atom is -0.397 e. The summed E-state index contributed by atoms with van der Waals surface area (Å²) in [7, 11) is 0. The van der Waals surface area contributed by atoms with E-state index in [9.17, 15) is 0 Å². The van der Waals surface area contributed by atoms with Crippen LogP contribution in [0.15, 0.2) is 18.3 Å². The molecule has 0 saturated heterocycles. The molecule has 1 fully saturated rings. The second-order valence-corrected chi connectivity index (χ2v) is 3.81. The van der Waals surface area contributed by atoms with E-state index in [1.54, 1.807) is 0 Å². The number of nitrogens with zero attached hydrogens (tertiary/aromatic N) is 1. The summed E-state index contributed by atoms with van der Waals surface area (Å²) in [6.45, 7) is 0. The maximum Gasteiger partial charge on any atom is 0.0663 e. The van der Waals surface area contributed by atoms with Gasteiger partial charge in [0.1, 0.15) is 0 Å². The first-order chi connectivity index (χ1) is 6.38. The molecule has 1 saturated carbocycles. The van der Waals surface area contributed by atoms with Crippen molar-refractivity contribution in [2.75, 3.05) is 5.73 Å². The summed E-state index contributed by atoms with van der Waals surface area (Å²) in [4.78, 5) is 4.38. The third-order valence-corrected chi connectivity index (χ3v) is 2.86. The minimum absolute atomic E-state index is 0.620. The Bertz CT molecular complexity index is 277. The van der Waals surface area contributed by atoms with Crippen molar-refractivity contribution < 1.29 is 0 Å². The highest BCUT2D eigenvalue weighted by molar-refractivity contribution is 5.43. The Labute approximate surface area is 79.2 Å². The van der Waals surface area contributed by atoms with Crippen molar-refractivity contribution in [2.45, 2.75) is 38.0 Å². The Morgan fingerprint density at radius 1 is 1.23 bits per heavy atom. The fourth-order valence-corrected chi connectivity index (χ4v) is 2.15. The van der Waals surface area contributed by atoms with E-state index >= 15 is 0 Å². The van der Waals surface area contributed by atoms with Crippen LogP contribution in [0, 0.1) is 0 Å². The van der Waals surface area contributed by atoms with E-state index in [1.807, 2.05) is 18.3 Å². The lowest BCUT2D eigenvalue weighted by Gasteiger charge is -2.21. The Morgan fingerprint density at radius 2 is 2.00 bits per heavy atom. The molecule has 13 heavy (non-hydrogen) atoms. The maximum atomic E-state index is 5.89. The SMILES string of the molecule is Nc1cccnc1C1CCCCC1. The van der Waals surface area contributed by atoms with Gasteiger partial charge in [0.2, 0.25) is 0 Å². The van der Waals surface area contributed by atoms with E-state index in [0.717, 1.165) is 11.4 Å². The summed E-state index contributed by atoms with van der Waals surface area (Å²) in [5.74, 6) is 0.620. The van der Waals surface area contributed by atoms with Crippen LogP contribution in [0.1, 0.15) is 43.7 Å². The van der Waals surface area contributed by atoms with Crippen LogP contribution in [0.4, 0.5) is 5.69 Å². The molecule has 2 nitrogen and oxygen atoms in total. The molecule has 0 bridgehead atoms. The van der Waals surface area contributed by atoms with E-state index in [2.05, 4.69) is 4.98 Å². The molecular weight excluding hydrogens is 160 g/mol. The summed E-state index contributed by atoms with van der Waals surface area (Å²) in [6.07, 6.45) is 8.42. The second kappa shape index (κ2) is 3.77. The molecule has 0 spiro atoms. The monoisotopic (exact) mass is 176 g/mol. The van der Waals surface area contributed by atoms with Crippen LogP contribution in [-0.4, -0.2) is 4.98 Å². The van der Waals surface area contributed by atoms with Crippen LogP contribution in [0.3, 0.4) is 0 Å². The smallest absolute Gasteiger partial charge is 0.0663 e. The van der Waals surface area contributed by atoms with Crippen LogP contribution < -0.4 is 5.73 Å². The summed E-state index contributed by atoms with van der Waals surface area (Å²) in [5, 5.41) is 0. The number of anilines is 1. The summed E-state index contributed by atoms with van der Waals surface area (Å²) >= 11 is 0. The summed E-state index contributed by atoms with van der Waals surface area (Å²) < 4.78 is 0. The van der Waals surface area contributed by atoms with Gasteiger partial charge in [-0.1, -0.05) is 19.3 Å². The molecule has 1 aromatic heterocycles. The third-order valence-electron chi connectivity index (χ3n) is 2.86. The topological polar surface area (TPSA) is 38.9 Å². The lowest BCUT2D eigenvalue weighted by Crippen LogP contribution is -2.08. The van der Waals surface area contributed by atoms with Gasteiger partial charge < -0.3 is 5.73 Å². The molecule has 2 N–H and O–H groups in total. The fraction of sp³-hybridized carbons (Fsp3) is 0.545. The zero-order chi connectivity index (χ0) is 9.10. The molecule has 0 radical (unpaired) electrons. The first-order valence-corrected chi connectivity index (χ1v) is 5.08. The number of nitrogens with two attached hydrogens (primary N) is 1. The lowest BCUT2D eigenvalue weighted by molar-refractivity contribution is 0.438. The predicted molar refractivity (Wildman–Crippen MR) is 54.5 cm³/mol. The van der Waals surface area contributed by atoms with E-state index in [1.165, 1.54) is 32.1 Å². The summed E-state index contributed by atoms with van der Waals surface area (Å²) in [6, 6.07) is 3.86. The van der Waals surface area contributed by atoms with Gasteiger partial charge in [-0.3, -0.25) is 4.98 Å². The van der Waals surface area contributed by atoms with Crippen LogP contribution in [0.5, 0.6) is 0 Å². The molecule has 1 aliphatic carbocycles. The van der Waals surface area contributed by atoms with Gasteiger partial charge in [0.15, 0.2) is 0 Å². The van der Waals surface area contributed by atoms with Crippen molar-refractivity contribution in [2.24, 2.45) is 0 Å². The van der Waals surface area contributed by atoms with Crippen molar-refractivity contribution >= 4 is 5.69 Å². The number of nitrogen functional groups attached to an aromatic ring is 1. The van der Waals surface area contributed by atoms with Gasteiger partial charge >= 0.3 is 0 Å². The molecule has 0 atom stereocenters. The fourth-order valence-electron chi connectivity index (χ4n) is 2.15. The van der Waals surface area contributed by atoms with Crippen molar-refractivity contribution in [3.8, 4) is 0 Å². The zero-order valence-electron chi connectivity index (χ0n) is 7.87. The number of aromatic nitrogens is 1. The molecule has 2 rings (SSSR count). The normalized spacial score (nSPS) is 18.8. The van der Waals surface area contributed by atoms with Crippen LogP contribution in [0.2, 0.25) is 0 Å². The largest absolute Gasteiger partial charge is 0.397 e. The highest BCUT2D eigenvalue weighted by Gasteiger charge is 2.18. The molecule has 1 aliphatic rings. The molecule has 2 heteroatoms. The highest BCUT2D eigenvalue weighted by Crippen LogP contribution is 2.33. The van der Waals surface area contributed by atoms with Gasteiger partial charge in [-0.05, 0) is 25.0 Å². The Balaban J connectivity index is 2.18. The van der Waals surface area contributed by atoms with Crippen molar-refractivity contribution in [3.63, 3.8) is 0 Å². The van der Waals surface area contributed by atoms with Crippen molar-refractivity contribution in [1.29, 1.82) is 0 Å². The standard InChI is InChI=1S/C11H16N2/c12-10-7-4-8-13-11(10)9-5-2-1-3-6-9/h4,7-9H,1-3,5-6,12H2. The summed E-state index contributed by atoms with van der Waals surface area (Å²) in [5.41, 5.74) is 7.89. The van der Waals surface area contributed by atoms with Gasteiger partial charge in [0.05, 0.1) is 11.4 Å². The Hall–Kier alpha value is -1.05. The maximum absolute atomic E-state index is 5.89. The number of hydrogen-bond acceptors (Lipinski definition) is 2. The number of pyridine rings is 1. The molecule has 0 amide bonds. The van der Waals surface area contributed by atoms with E-state index in [0.29, 0.717) is 5.92 Å². The molecule has 1 heterocycles. The number of rotatable bonds is 1. The molecule has 70 valence electrons. The van der Waals surface area contributed by atoms with Crippen LogP contribution in [-0.2, 0) is 0 Å². The van der Waals surface area contributed by atoms with Gasteiger partial charge in [-0.25, -0.2) is 0 Å².